The molecule has 2 amide bonds. The number of hydrogen-bond donors (Lipinski definition) is 3. The smallest absolute Gasteiger partial charge is 0.228 e. The summed E-state index contributed by atoms with van der Waals surface area (Å²) >= 11 is 0. The van der Waals surface area contributed by atoms with Crippen LogP contribution in [0.4, 0.5) is 0 Å². The summed E-state index contributed by atoms with van der Waals surface area (Å²) in [6, 6.07) is 0. The van der Waals surface area contributed by atoms with E-state index in [9.17, 15) is 9.59 Å². The van der Waals surface area contributed by atoms with E-state index in [0.29, 0.717) is 31.5 Å². The first-order chi connectivity index (χ1) is 13.7. The van der Waals surface area contributed by atoms with Crippen LogP contribution in [0.15, 0.2) is 0 Å². The van der Waals surface area contributed by atoms with Crippen LogP contribution in [0.25, 0.3) is 0 Å². The van der Waals surface area contributed by atoms with Gasteiger partial charge in [-0.25, -0.2) is 0 Å². The predicted molar refractivity (Wildman–Crippen MR) is 107 cm³/mol. The van der Waals surface area contributed by atoms with Gasteiger partial charge in [-0.05, 0) is 63.3 Å². The quantitative estimate of drug-likeness (QED) is 0.546. The summed E-state index contributed by atoms with van der Waals surface area (Å²) in [6.07, 6.45) is 7.32. The first-order valence-corrected chi connectivity index (χ1v) is 11.1. The molecular weight excluding hydrogens is 358 g/mol. The van der Waals surface area contributed by atoms with E-state index in [1.54, 1.807) is 0 Å². The van der Waals surface area contributed by atoms with Crippen LogP contribution in [0, 0.1) is 17.3 Å². The van der Waals surface area contributed by atoms with E-state index in [1.165, 1.54) is 0 Å². The highest BCUT2D eigenvalue weighted by Gasteiger charge is 2.42. The number of carbonyl (C=O) groups excluding carboxylic acids is 2. The van der Waals surface area contributed by atoms with Crippen molar-refractivity contribution in [3.63, 3.8) is 0 Å². The van der Waals surface area contributed by atoms with Gasteiger partial charge >= 0.3 is 0 Å². The number of hydrogen-bond acceptors (Lipinski definition) is 5. The Morgan fingerprint density at radius 3 is 2.00 bits per heavy atom. The second-order valence-corrected chi connectivity index (χ2v) is 8.68. The second-order valence-electron chi connectivity index (χ2n) is 8.68. The number of amides is 2. The molecule has 3 rings (SSSR count). The summed E-state index contributed by atoms with van der Waals surface area (Å²) in [5.74, 6) is 1.31. The van der Waals surface area contributed by atoms with E-state index in [0.717, 1.165) is 77.9 Å². The second kappa shape index (κ2) is 11.1. The van der Waals surface area contributed by atoms with Crippen LogP contribution in [0.2, 0.25) is 0 Å². The molecule has 0 spiro atoms. The third kappa shape index (κ3) is 6.42. The van der Waals surface area contributed by atoms with Crippen LogP contribution in [-0.2, 0) is 19.1 Å². The average molecular weight is 396 g/mol. The molecule has 0 aromatic heterocycles. The maximum absolute atomic E-state index is 12.9. The van der Waals surface area contributed by atoms with Gasteiger partial charge in [0.25, 0.3) is 0 Å². The van der Waals surface area contributed by atoms with E-state index in [-0.39, 0.29) is 18.2 Å². The molecule has 0 aromatic carbocycles. The Kier molecular flexibility index (Phi) is 8.55. The van der Waals surface area contributed by atoms with Gasteiger partial charge in [0.15, 0.2) is 0 Å². The lowest BCUT2D eigenvalue weighted by Crippen LogP contribution is -2.46. The van der Waals surface area contributed by atoms with E-state index in [1.807, 2.05) is 0 Å². The summed E-state index contributed by atoms with van der Waals surface area (Å²) in [5.41, 5.74) is -0.599. The first kappa shape index (κ1) is 21.5. The molecule has 0 aliphatic carbocycles. The average Bonchev–Trinajstić information content (AvgIpc) is 3.19. The summed E-state index contributed by atoms with van der Waals surface area (Å²) in [6.45, 7) is 6.10. The van der Waals surface area contributed by atoms with Crippen molar-refractivity contribution in [2.24, 2.45) is 17.3 Å². The Morgan fingerprint density at radius 1 is 0.893 bits per heavy atom. The van der Waals surface area contributed by atoms with Crippen molar-refractivity contribution in [1.29, 1.82) is 0 Å². The van der Waals surface area contributed by atoms with Gasteiger partial charge in [0.2, 0.25) is 11.8 Å². The fourth-order valence-electron chi connectivity index (χ4n) is 4.60. The predicted octanol–water partition coefficient (Wildman–Crippen LogP) is 1.22. The zero-order valence-corrected chi connectivity index (χ0v) is 17.1. The molecule has 7 heteroatoms. The van der Waals surface area contributed by atoms with Crippen molar-refractivity contribution in [3.8, 4) is 0 Å². The van der Waals surface area contributed by atoms with Crippen molar-refractivity contribution in [2.45, 2.75) is 51.4 Å². The van der Waals surface area contributed by atoms with Crippen LogP contribution in [0.3, 0.4) is 0 Å². The van der Waals surface area contributed by atoms with Crippen molar-refractivity contribution in [3.05, 3.63) is 0 Å². The minimum absolute atomic E-state index is 0.00432. The molecule has 3 heterocycles. The molecule has 28 heavy (non-hydrogen) atoms. The molecular formula is C21H37N3O4. The molecule has 3 aliphatic rings. The van der Waals surface area contributed by atoms with E-state index >= 15 is 0 Å². The summed E-state index contributed by atoms with van der Waals surface area (Å²) in [7, 11) is 0. The first-order valence-electron chi connectivity index (χ1n) is 11.1. The van der Waals surface area contributed by atoms with Crippen molar-refractivity contribution < 1.29 is 19.1 Å². The molecule has 1 atom stereocenters. The monoisotopic (exact) mass is 395 g/mol. The van der Waals surface area contributed by atoms with Gasteiger partial charge in [0.05, 0.1) is 5.41 Å². The molecule has 0 saturated carbocycles. The third-order valence-electron chi connectivity index (χ3n) is 6.62. The van der Waals surface area contributed by atoms with Gasteiger partial charge in [-0.3, -0.25) is 9.59 Å². The lowest BCUT2D eigenvalue weighted by atomic mass is 9.82. The lowest BCUT2D eigenvalue weighted by molar-refractivity contribution is -0.135. The van der Waals surface area contributed by atoms with Gasteiger partial charge in [-0.1, -0.05) is 0 Å². The van der Waals surface area contributed by atoms with Gasteiger partial charge in [-0.2, -0.15) is 0 Å². The highest BCUT2D eigenvalue weighted by molar-refractivity contribution is 5.89. The van der Waals surface area contributed by atoms with E-state index in [4.69, 9.17) is 9.47 Å². The van der Waals surface area contributed by atoms with Crippen LogP contribution < -0.4 is 16.0 Å². The van der Waals surface area contributed by atoms with Crippen molar-refractivity contribution >= 4 is 11.8 Å². The zero-order chi connectivity index (χ0) is 19.7. The van der Waals surface area contributed by atoms with Gasteiger partial charge in [0.1, 0.15) is 0 Å². The Morgan fingerprint density at radius 2 is 1.46 bits per heavy atom. The molecule has 3 saturated heterocycles. The Labute approximate surface area is 168 Å². The molecule has 1 unspecified atom stereocenters. The Bertz CT molecular complexity index is 496. The number of rotatable bonds is 9. The van der Waals surface area contributed by atoms with Crippen molar-refractivity contribution in [2.75, 3.05) is 52.6 Å². The SMILES string of the molecule is O=C(CC1(C(=O)NCCC2CCOCC2)CCNC1)NCCC1CCOCC1. The topological polar surface area (TPSA) is 88.7 Å². The van der Waals surface area contributed by atoms with Gasteiger partial charge < -0.3 is 25.4 Å². The highest BCUT2D eigenvalue weighted by Crippen LogP contribution is 2.30. The fraction of sp³-hybridized carbons (Fsp3) is 0.905. The Hall–Kier alpha value is -1.18. The van der Waals surface area contributed by atoms with E-state index < -0.39 is 5.41 Å². The number of carbonyl (C=O) groups is 2. The number of nitrogens with one attached hydrogen (secondary N) is 3. The maximum atomic E-state index is 12.9. The summed E-state index contributed by atoms with van der Waals surface area (Å²) < 4.78 is 10.8. The number of ether oxygens (including phenoxy) is 2. The summed E-state index contributed by atoms with van der Waals surface area (Å²) in [4.78, 5) is 25.4. The minimum atomic E-state index is -0.599. The van der Waals surface area contributed by atoms with Gasteiger partial charge in [0, 0.05) is 52.5 Å². The van der Waals surface area contributed by atoms with Crippen molar-refractivity contribution in [1.82, 2.24) is 16.0 Å². The van der Waals surface area contributed by atoms with Crippen LogP contribution in [0.5, 0.6) is 0 Å². The zero-order valence-electron chi connectivity index (χ0n) is 17.1. The minimum Gasteiger partial charge on any atom is -0.381 e. The molecule has 3 aliphatic heterocycles. The maximum Gasteiger partial charge on any atom is 0.228 e. The van der Waals surface area contributed by atoms with Crippen LogP contribution in [0.1, 0.15) is 51.4 Å². The molecule has 3 fully saturated rings. The molecule has 160 valence electrons. The largest absolute Gasteiger partial charge is 0.381 e. The lowest BCUT2D eigenvalue weighted by Gasteiger charge is -2.28. The van der Waals surface area contributed by atoms with Crippen LogP contribution in [-0.4, -0.2) is 64.4 Å². The van der Waals surface area contributed by atoms with Crippen LogP contribution >= 0.6 is 0 Å². The standard InChI is InChI=1S/C21H37N3O4/c25-19(23-8-1-17-3-11-27-12-4-17)15-21(7-10-22-16-21)20(26)24-9-2-18-5-13-28-14-6-18/h17-18,22H,1-16H2,(H,23,25)(H,24,26). The normalized spacial score (nSPS) is 26.9. The molecule has 0 bridgehead atoms. The molecule has 0 radical (unpaired) electrons. The third-order valence-corrected chi connectivity index (χ3v) is 6.62. The summed E-state index contributed by atoms with van der Waals surface area (Å²) in [5, 5.41) is 9.43. The Balaban J connectivity index is 1.39. The van der Waals surface area contributed by atoms with Gasteiger partial charge in [-0.15, -0.1) is 0 Å². The molecule has 7 nitrogen and oxygen atoms in total. The fourth-order valence-corrected chi connectivity index (χ4v) is 4.60. The highest BCUT2D eigenvalue weighted by atomic mass is 16.5. The van der Waals surface area contributed by atoms with E-state index in [2.05, 4.69) is 16.0 Å². The molecule has 0 aromatic rings. The molecule has 3 N–H and O–H groups in total.